The van der Waals surface area contributed by atoms with Crippen molar-refractivity contribution in [3.63, 3.8) is 0 Å². The van der Waals surface area contributed by atoms with E-state index in [2.05, 4.69) is 21.8 Å². The molecule has 1 aliphatic heterocycles. The van der Waals surface area contributed by atoms with Crippen LogP contribution in [0.5, 0.6) is 0 Å². The van der Waals surface area contributed by atoms with E-state index in [0.29, 0.717) is 36.8 Å². The Bertz CT molecular complexity index is 835. The number of fused-ring (bicyclic) bond motifs is 1. The van der Waals surface area contributed by atoms with Crippen LogP contribution in [-0.4, -0.2) is 45.4 Å². The first-order chi connectivity index (χ1) is 11.5. The SMILES string of the molecule is CCOCCn1c(N2CCC[C@@H](C)C2)nc2c1c(=O)[nH]c(=O)n2C. The van der Waals surface area contributed by atoms with Crippen molar-refractivity contribution in [1.29, 1.82) is 0 Å². The van der Waals surface area contributed by atoms with Gasteiger partial charge in [0.1, 0.15) is 0 Å². The molecule has 24 heavy (non-hydrogen) atoms. The fraction of sp³-hybridized carbons (Fsp3) is 0.688. The lowest BCUT2D eigenvalue weighted by Gasteiger charge is -2.32. The van der Waals surface area contributed by atoms with E-state index < -0.39 is 11.2 Å². The number of nitrogens with one attached hydrogen (secondary N) is 1. The standard InChI is InChI=1S/C16H25N5O3/c1-4-24-9-8-21-12-13(19(3)16(23)18-14(12)22)17-15(21)20-7-5-6-11(2)10-20/h11H,4-10H2,1-3H3,(H,18,22,23)/t11-/m1/s1. The first kappa shape index (κ1) is 16.8. The van der Waals surface area contributed by atoms with Gasteiger partial charge >= 0.3 is 5.69 Å². The summed E-state index contributed by atoms with van der Waals surface area (Å²) in [7, 11) is 1.63. The van der Waals surface area contributed by atoms with E-state index in [1.165, 1.54) is 11.0 Å². The molecule has 1 N–H and O–H groups in total. The van der Waals surface area contributed by atoms with Crippen LogP contribution < -0.4 is 16.1 Å². The first-order valence-corrected chi connectivity index (χ1v) is 8.55. The van der Waals surface area contributed by atoms with Gasteiger partial charge in [-0.2, -0.15) is 4.98 Å². The van der Waals surface area contributed by atoms with Crippen molar-refractivity contribution < 1.29 is 4.74 Å². The second-order valence-corrected chi connectivity index (χ2v) is 6.44. The summed E-state index contributed by atoms with van der Waals surface area (Å²) in [5.74, 6) is 1.34. The number of rotatable bonds is 5. The van der Waals surface area contributed by atoms with Crippen LogP contribution in [-0.2, 0) is 18.3 Å². The van der Waals surface area contributed by atoms with Crippen LogP contribution >= 0.6 is 0 Å². The lowest BCUT2D eigenvalue weighted by atomic mass is 10.0. The molecule has 0 bridgehead atoms. The maximum absolute atomic E-state index is 12.4. The van der Waals surface area contributed by atoms with Crippen molar-refractivity contribution >= 4 is 17.1 Å². The van der Waals surface area contributed by atoms with Gasteiger partial charge in [-0.25, -0.2) is 4.79 Å². The van der Waals surface area contributed by atoms with Gasteiger partial charge in [0.2, 0.25) is 5.95 Å². The minimum Gasteiger partial charge on any atom is -0.380 e. The van der Waals surface area contributed by atoms with E-state index in [0.717, 1.165) is 25.5 Å². The minimum atomic E-state index is -0.444. The maximum Gasteiger partial charge on any atom is 0.329 e. The third kappa shape index (κ3) is 2.98. The first-order valence-electron chi connectivity index (χ1n) is 8.55. The van der Waals surface area contributed by atoms with Gasteiger partial charge in [0.25, 0.3) is 5.56 Å². The molecule has 0 saturated carbocycles. The molecule has 3 rings (SSSR count). The smallest absolute Gasteiger partial charge is 0.329 e. The summed E-state index contributed by atoms with van der Waals surface area (Å²) in [6, 6.07) is 0. The fourth-order valence-electron chi connectivity index (χ4n) is 3.35. The molecule has 3 heterocycles. The summed E-state index contributed by atoms with van der Waals surface area (Å²) in [6.07, 6.45) is 2.31. The van der Waals surface area contributed by atoms with Gasteiger partial charge in [-0.05, 0) is 25.7 Å². The van der Waals surface area contributed by atoms with Gasteiger partial charge < -0.3 is 14.2 Å². The van der Waals surface area contributed by atoms with E-state index in [-0.39, 0.29) is 0 Å². The minimum absolute atomic E-state index is 0.395. The molecule has 0 amide bonds. The van der Waals surface area contributed by atoms with Crippen LogP contribution in [0.4, 0.5) is 5.95 Å². The van der Waals surface area contributed by atoms with E-state index in [4.69, 9.17) is 4.74 Å². The number of aryl methyl sites for hydroxylation is 1. The summed E-state index contributed by atoms with van der Waals surface area (Å²) >= 11 is 0. The molecule has 1 aliphatic rings. The monoisotopic (exact) mass is 335 g/mol. The lowest BCUT2D eigenvalue weighted by Crippen LogP contribution is -2.36. The van der Waals surface area contributed by atoms with Crippen LogP contribution in [0, 0.1) is 5.92 Å². The third-order valence-corrected chi connectivity index (χ3v) is 4.59. The Labute approximate surface area is 140 Å². The number of aromatic amines is 1. The molecule has 0 aromatic carbocycles. The summed E-state index contributed by atoms with van der Waals surface area (Å²) < 4.78 is 8.75. The molecular weight excluding hydrogens is 310 g/mol. The highest BCUT2D eigenvalue weighted by Gasteiger charge is 2.24. The number of hydrogen-bond donors (Lipinski definition) is 1. The van der Waals surface area contributed by atoms with Crippen molar-refractivity contribution in [3.05, 3.63) is 20.8 Å². The fourth-order valence-corrected chi connectivity index (χ4v) is 3.35. The molecule has 1 atom stereocenters. The highest BCUT2D eigenvalue weighted by Crippen LogP contribution is 2.24. The highest BCUT2D eigenvalue weighted by molar-refractivity contribution is 5.74. The van der Waals surface area contributed by atoms with Crippen molar-refractivity contribution in [2.45, 2.75) is 33.2 Å². The number of imidazole rings is 1. The Morgan fingerprint density at radius 3 is 2.88 bits per heavy atom. The Morgan fingerprint density at radius 1 is 1.38 bits per heavy atom. The second-order valence-electron chi connectivity index (χ2n) is 6.44. The molecule has 1 saturated heterocycles. The molecule has 0 radical (unpaired) electrons. The van der Waals surface area contributed by atoms with Gasteiger partial charge in [-0.15, -0.1) is 0 Å². The highest BCUT2D eigenvalue weighted by atomic mass is 16.5. The normalized spacial score (nSPS) is 18.5. The van der Waals surface area contributed by atoms with Crippen molar-refractivity contribution in [1.82, 2.24) is 19.1 Å². The summed E-state index contributed by atoms with van der Waals surface area (Å²) in [6.45, 7) is 7.64. The zero-order chi connectivity index (χ0) is 17.3. The van der Waals surface area contributed by atoms with E-state index in [1.807, 2.05) is 11.5 Å². The number of hydrogen-bond acceptors (Lipinski definition) is 5. The molecule has 132 valence electrons. The number of piperidine rings is 1. The Morgan fingerprint density at radius 2 is 2.17 bits per heavy atom. The summed E-state index contributed by atoms with van der Waals surface area (Å²) in [4.78, 5) is 33.5. The Kier molecular flexibility index (Phi) is 4.75. The number of aromatic nitrogens is 4. The quantitative estimate of drug-likeness (QED) is 0.813. The van der Waals surface area contributed by atoms with Gasteiger partial charge in [-0.1, -0.05) is 6.92 Å². The molecule has 2 aromatic rings. The zero-order valence-electron chi connectivity index (χ0n) is 14.5. The van der Waals surface area contributed by atoms with Crippen molar-refractivity contribution in [3.8, 4) is 0 Å². The number of nitrogens with zero attached hydrogens (tertiary/aromatic N) is 4. The third-order valence-electron chi connectivity index (χ3n) is 4.59. The molecule has 2 aromatic heterocycles. The average molecular weight is 335 g/mol. The van der Waals surface area contributed by atoms with E-state index in [9.17, 15) is 9.59 Å². The van der Waals surface area contributed by atoms with Gasteiger partial charge in [0.15, 0.2) is 11.2 Å². The van der Waals surface area contributed by atoms with E-state index in [1.54, 1.807) is 7.05 Å². The molecule has 1 fully saturated rings. The van der Waals surface area contributed by atoms with Crippen LogP contribution in [0.15, 0.2) is 9.59 Å². The van der Waals surface area contributed by atoms with Crippen LogP contribution in [0.1, 0.15) is 26.7 Å². The Hall–Kier alpha value is -2.09. The van der Waals surface area contributed by atoms with Gasteiger partial charge in [0.05, 0.1) is 6.61 Å². The molecule has 8 heteroatoms. The molecule has 8 nitrogen and oxygen atoms in total. The summed E-state index contributed by atoms with van der Waals surface area (Å²) in [5.41, 5.74) is 0.0208. The predicted octanol–water partition coefficient (Wildman–Crippen LogP) is 0.696. The van der Waals surface area contributed by atoms with Crippen molar-refractivity contribution in [2.75, 3.05) is 31.2 Å². The van der Waals surface area contributed by atoms with E-state index >= 15 is 0 Å². The van der Waals surface area contributed by atoms with Crippen LogP contribution in [0.2, 0.25) is 0 Å². The molecular formula is C16H25N5O3. The van der Waals surface area contributed by atoms with Gasteiger partial charge in [0, 0.05) is 33.3 Å². The molecule has 0 spiro atoms. The second kappa shape index (κ2) is 6.80. The average Bonchev–Trinajstić information content (AvgIpc) is 2.93. The lowest BCUT2D eigenvalue weighted by molar-refractivity contribution is 0.140. The zero-order valence-corrected chi connectivity index (χ0v) is 14.5. The van der Waals surface area contributed by atoms with Gasteiger partial charge in [-0.3, -0.25) is 14.3 Å². The molecule has 0 unspecified atom stereocenters. The largest absolute Gasteiger partial charge is 0.380 e. The molecule has 0 aliphatic carbocycles. The maximum atomic E-state index is 12.4. The number of ether oxygens (including phenoxy) is 1. The Balaban J connectivity index is 2.13. The number of anilines is 1. The van der Waals surface area contributed by atoms with Crippen molar-refractivity contribution in [2.24, 2.45) is 13.0 Å². The predicted molar refractivity (Wildman–Crippen MR) is 92.7 cm³/mol. The van der Waals surface area contributed by atoms with Crippen LogP contribution in [0.3, 0.4) is 0 Å². The summed E-state index contributed by atoms with van der Waals surface area (Å²) in [5, 5.41) is 0. The number of H-pyrrole nitrogens is 1. The topological polar surface area (TPSA) is 85.2 Å². The van der Waals surface area contributed by atoms with Crippen LogP contribution in [0.25, 0.3) is 11.2 Å².